The van der Waals surface area contributed by atoms with E-state index in [4.69, 9.17) is 4.74 Å². The van der Waals surface area contributed by atoms with E-state index >= 15 is 0 Å². The van der Waals surface area contributed by atoms with E-state index in [1.165, 1.54) is 12.1 Å². The number of benzene rings is 3. The number of ether oxygens (including phenoxy) is 1. The molecule has 1 saturated heterocycles. The van der Waals surface area contributed by atoms with Gasteiger partial charge in [0.05, 0.1) is 5.56 Å². The van der Waals surface area contributed by atoms with Crippen LogP contribution in [0.3, 0.4) is 0 Å². The molecule has 0 saturated carbocycles. The van der Waals surface area contributed by atoms with E-state index in [-0.39, 0.29) is 12.0 Å². The van der Waals surface area contributed by atoms with Gasteiger partial charge in [-0.25, -0.2) is 4.79 Å². The summed E-state index contributed by atoms with van der Waals surface area (Å²) in [5.74, 6) is -0.368. The number of nitrogens with one attached hydrogen (secondary N) is 1. The van der Waals surface area contributed by atoms with Crippen molar-refractivity contribution in [2.75, 3.05) is 36.4 Å². The van der Waals surface area contributed by atoms with Crippen molar-refractivity contribution in [3.8, 4) is 11.1 Å². The number of alkyl halides is 3. The Morgan fingerprint density at radius 1 is 0.842 bits per heavy atom. The maximum absolute atomic E-state index is 13.2. The molecule has 6 nitrogen and oxygen atoms in total. The number of piperazine rings is 1. The van der Waals surface area contributed by atoms with Crippen LogP contribution in [-0.4, -0.2) is 48.7 Å². The number of anilines is 2. The SMILES string of the molecule is CC(C)(C)OC(=O)N1CCN(c2cccc(NC(=O)c3ccccc3-c3ccc(C(F)(F)F)cc3)c2)CC1. The monoisotopic (exact) mass is 525 g/mol. The number of hydrogen-bond acceptors (Lipinski definition) is 4. The molecule has 1 aliphatic heterocycles. The molecule has 0 spiro atoms. The molecule has 0 radical (unpaired) electrons. The van der Waals surface area contributed by atoms with E-state index in [0.717, 1.165) is 17.8 Å². The quantitative estimate of drug-likeness (QED) is 0.413. The van der Waals surface area contributed by atoms with Crippen LogP contribution in [0, 0.1) is 0 Å². The second kappa shape index (κ2) is 10.8. The van der Waals surface area contributed by atoms with Crippen molar-refractivity contribution < 1.29 is 27.5 Å². The first kappa shape index (κ1) is 27.0. The van der Waals surface area contributed by atoms with Crippen molar-refractivity contribution in [2.24, 2.45) is 0 Å². The summed E-state index contributed by atoms with van der Waals surface area (Å²) in [5.41, 5.74) is 1.60. The Labute approximate surface area is 220 Å². The van der Waals surface area contributed by atoms with Gasteiger partial charge < -0.3 is 19.9 Å². The van der Waals surface area contributed by atoms with Crippen molar-refractivity contribution in [3.63, 3.8) is 0 Å². The van der Waals surface area contributed by atoms with Crippen LogP contribution >= 0.6 is 0 Å². The van der Waals surface area contributed by atoms with Gasteiger partial charge in [-0.15, -0.1) is 0 Å². The number of hydrogen-bond donors (Lipinski definition) is 1. The topological polar surface area (TPSA) is 61.9 Å². The van der Waals surface area contributed by atoms with E-state index in [2.05, 4.69) is 10.2 Å². The highest BCUT2D eigenvalue weighted by atomic mass is 19.4. The smallest absolute Gasteiger partial charge is 0.416 e. The van der Waals surface area contributed by atoms with Gasteiger partial charge in [-0.05, 0) is 68.3 Å². The summed E-state index contributed by atoms with van der Waals surface area (Å²) >= 11 is 0. The van der Waals surface area contributed by atoms with Crippen LogP contribution in [-0.2, 0) is 10.9 Å². The number of carbonyl (C=O) groups is 2. The van der Waals surface area contributed by atoms with Crippen molar-refractivity contribution in [1.82, 2.24) is 4.90 Å². The van der Waals surface area contributed by atoms with Gasteiger partial charge >= 0.3 is 12.3 Å². The van der Waals surface area contributed by atoms with Crippen LogP contribution in [0.2, 0.25) is 0 Å². The lowest BCUT2D eigenvalue weighted by Gasteiger charge is -2.36. The first-order chi connectivity index (χ1) is 17.9. The molecule has 9 heteroatoms. The van der Waals surface area contributed by atoms with Crippen molar-refractivity contribution >= 4 is 23.4 Å². The third-order valence-corrected chi connectivity index (χ3v) is 6.10. The van der Waals surface area contributed by atoms with Gasteiger partial charge in [0.25, 0.3) is 5.91 Å². The molecule has 1 heterocycles. The van der Waals surface area contributed by atoms with Crippen molar-refractivity contribution in [3.05, 3.63) is 83.9 Å². The van der Waals surface area contributed by atoms with Crippen LogP contribution in [0.15, 0.2) is 72.8 Å². The highest BCUT2D eigenvalue weighted by molar-refractivity contribution is 6.08. The fraction of sp³-hybridized carbons (Fsp3) is 0.310. The molecule has 0 bridgehead atoms. The van der Waals surface area contributed by atoms with Gasteiger partial charge in [-0.1, -0.05) is 36.4 Å². The van der Waals surface area contributed by atoms with E-state index in [1.807, 2.05) is 39.0 Å². The third-order valence-electron chi connectivity index (χ3n) is 6.10. The predicted molar refractivity (Wildman–Crippen MR) is 141 cm³/mol. The van der Waals surface area contributed by atoms with Crippen LogP contribution < -0.4 is 10.2 Å². The maximum atomic E-state index is 13.2. The molecule has 1 aliphatic rings. The lowest BCUT2D eigenvalue weighted by atomic mass is 9.98. The first-order valence-electron chi connectivity index (χ1n) is 12.3. The van der Waals surface area contributed by atoms with Gasteiger partial charge in [0.15, 0.2) is 0 Å². The minimum Gasteiger partial charge on any atom is -0.444 e. The molecule has 0 aromatic heterocycles. The van der Waals surface area contributed by atoms with E-state index in [0.29, 0.717) is 48.6 Å². The molecule has 3 aromatic carbocycles. The molecule has 2 amide bonds. The Hall–Kier alpha value is -4.01. The first-order valence-corrected chi connectivity index (χ1v) is 12.3. The zero-order valence-corrected chi connectivity index (χ0v) is 21.5. The lowest BCUT2D eigenvalue weighted by molar-refractivity contribution is -0.137. The van der Waals surface area contributed by atoms with Gasteiger partial charge in [-0.3, -0.25) is 4.79 Å². The Morgan fingerprint density at radius 2 is 1.50 bits per heavy atom. The molecule has 200 valence electrons. The van der Waals surface area contributed by atoms with E-state index in [1.54, 1.807) is 35.2 Å². The summed E-state index contributed by atoms with van der Waals surface area (Å²) in [7, 11) is 0. The number of rotatable bonds is 4. The second-order valence-electron chi connectivity index (χ2n) is 10.1. The summed E-state index contributed by atoms with van der Waals surface area (Å²) in [6.45, 7) is 7.79. The summed E-state index contributed by atoms with van der Waals surface area (Å²) < 4.78 is 44.3. The molecule has 0 atom stereocenters. The minimum absolute atomic E-state index is 0.329. The van der Waals surface area contributed by atoms with Gasteiger partial charge in [-0.2, -0.15) is 13.2 Å². The molecule has 38 heavy (non-hydrogen) atoms. The Kier molecular flexibility index (Phi) is 7.66. The van der Waals surface area contributed by atoms with Gasteiger partial charge in [0, 0.05) is 43.1 Å². The molecule has 1 N–H and O–H groups in total. The molecule has 0 unspecified atom stereocenters. The standard InChI is InChI=1S/C29H30F3N3O3/c1-28(2,3)38-27(37)35-17-15-34(16-18-35)23-8-6-7-22(19-23)33-26(36)25-10-5-4-9-24(25)20-11-13-21(14-12-20)29(30,31)32/h4-14,19H,15-18H2,1-3H3,(H,33,36). The number of carbonyl (C=O) groups excluding carboxylic acids is 2. The average molecular weight is 526 g/mol. The van der Waals surface area contributed by atoms with E-state index < -0.39 is 17.3 Å². The predicted octanol–water partition coefficient (Wildman–Crippen LogP) is 6.68. The van der Waals surface area contributed by atoms with Crippen LogP contribution in [0.25, 0.3) is 11.1 Å². The lowest BCUT2D eigenvalue weighted by Crippen LogP contribution is -2.50. The summed E-state index contributed by atoms with van der Waals surface area (Å²) in [5, 5.41) is 2.91. The summed E-state index contributed by atoms with van der Waals surface area (Å²) in [6, 6.07) is 19.0. The molecular formula is C29H30F3N3O3. The summed E-state index contributed by atoms with van der Waals surface area (Å²) in [4.78, 5) is 29.4. The Balaban J connectivity index is 1.44. The summed E-state index contributed by atoms with van der Waals surface area (Å²) in [6.07, 6.45) is -4.76. The second-order valence-corrected chi connectivity index (χ2v) is 10.1. The maximum Gasteiger partial charge on any atom is 0.416 e. The highest BCUT2D eigenvalue weighted by Gasteiger charge is 2.30. The molecule has 0 aliphatic carbocycles. The third kappa shape index (κ3) is 6.65. The van der Waals surface area contributed by atoms with Gasteiger partial charge in [0.1, 0.15) is 5.60 Å². The fourth-order valence-corrected chi connectivity index (χ4v) is 4.22. The number of nitrogens with zero attached hydrogens (tertiary/aromatic N) is 2. The highest BCUT2D eigenvalue weighted by Crippen LogP contribution is 2.32. The zero-order valence-electron chi connectivity index (χ0n) is 21.5. The van der Waals surface area contributed by atoms with Crippen LogP contribution in [0.1, 0.15) is 36.7 Å². The van der Waals surface area contributed by atoms with Crippen LogP contribution in [0.4, 0.5) is 29.3 Å². The normalized spacial score (nSPS) is 14.3. The molecule has 4 rings (SSSR count). The Bertz CT molecular complexity index is 1290. The zero-order chi connectivity index (χ0) is 27.5. The average Bonchev–Trinajstić information content (AvgIpc) is 2.87. The molecule has 1 fully saturated rings. The van der Waals surface area contributed by atoms with Crippen molar-refractivity contribution in [1.29, 1.82) is 0 Å². The van der Waals surface area contributed by atoms with E-state index in [9.17, 15) is 22.8 Å². The molecule has 3 aromatic rings. The fourth-order valence-electron chi connectivity index (χ4n) is 4.22. The Morgan fingerprint density at radius 3 is 2.13 bits per heavy atom. The largest absolute Gasteiger partial charge is 0.444 e. The van der Waals surface area contributed by atoms with Crippen LogP contribution in [0.5, 0.6) is 0 Å². The van der Waals surface area contributed by atoms with Crippen molar-refractivity contribution in [2.45, 2.75) is 32.5 Å². The molecular weight excluding hydrogens is 495 g/mol. The van der Waals surface area contributed by atoms with Gasteiger partial charge in [0.2, 0.25) is 0 Å². The minimum atomic E-state index is -4.43. The number of halogens is 3. The number of amides is 2.